The highest BCUT2D eigenvalue weighted by atomic mass is 19.1. The van der Waals surface area contributed by atoms with E-state index in [4.69, 9.17) is 5.73 Å². The SMILES string of the molecule is Nc1ccc2[nH]c3c4[nH]c5ccc(F)cc5c4c4c(c3c2c1)C(=O)CC4=O. The number of benzene rings is 3. The number of nitrogen functional groups attached to an aromatic ring is 1. The van der Waals surface area contributed by atoms with Gasteiger partial charge in [-0.3, -0.25) is 9.59 Å². The van der Waals surface area contributed by atoms with Crippen LogP contribution in [0.15, 0.2) is 36.4 Å². The number of ketones is 2. The normalized spacial score (nSPS) is 14.3. The third-order valence-corrected chi connectivity index (χ3v) is 5.46. The van der Waals surface area contributed by atoms with Gasteiger partial charge in [0.1, 0.15) is 5.82 Å². The molecule has 0 radical (unpaired) electrons. The predicted octanol–water partition coefficient (Wildman–Crippen LogP) is 4.45. The number of Topliss-reactive ketones (excluding diaryl/α,β-unsaturated/α-hetero) is 2. The van der Waals surface area contributed by atoms with Crippen LogP contribution in [0.2, 0.25) is 0 Å². The second-order valence-electron chi connectivity index (χ2n) is 7.02. The molecule has 130 valence electrons. The zero-order valence-corrected chi connectivity index (χ0v) is 13.9. The van der Waals surface area contributed by atoms with E-state index in [9.17, 15) is 14.0 Å². The molecule has 27 heavy (non-hydrogen) atoms. The first-order valence-electron chi connectivity index (χ1n) is 8.57. The van der Waals surface area contributed by atoms with E-state index in [-0.39, 0.29) is 18.0 Å². The van der Waals surface area contributed by atoms with E-state index >= 15 is 0 Å². The minimum absolute atomic E-state index is 0.166. The van der Waals surface area contributed by atoms with Crippen molar-refractivity contribution in [3.8, 4) is 0 Å². The average molecular weight is 357 g/mol. The molecular formula is C21H12FN3O2. The number of rotatable bonds is 0. The number of nitrogens with one attached hydrogen (secondary N) is 2. The van der Waals surface area contributed by atoms with Crippen molar-refractivity contribution in [3.05, 3.63) is 53.3 Å². The summed E-state index contributed by atoms with van der Waals surface area (Å²) in [5.41, 5.74) is 10.3. The molecule has 0 atom stereocenters. The first-order valence-corrected chi connectivity index (χ1v) is 8.57. The molecule has 0 saturated carbocycles. The number of aromatic amines is 2. The van der Waals surface area contributed by atoms with Gasteiger partial charge < -0.3 is 15.7 Å². The molecule has 0 aliphatic heterocycles. The fourth-order valence-electron chi connectivity index (χ4n) is 4.40. The number of halogens is 1. The zero-order valence-electron chi connectivity index (χ0n) is 13.9. The lowest BCUT2D eigenvalue weighted by Gasteiger charge is -2.04. The Morgan fingerprint density at radius 3 is 2.00 bits per heavy atom. The Hall–Kier alpha value is -3.67. The van der Waals surface area contributed by atoms with Crippen LogP contribution in [0.4, 0.5) is 10.1 Å². The van der Waals surface area contributed by atoms with Gasteiger partial charge in [0.05, 0.1) is 17.5 Å². The standard InChI is InChI=1S/C21H12FN3O2/c22-8-1-3-12-10(5-8)16-18-14(26)7-15(27)19(18)17-11-6-9(23)2-4-13(11)25-21(17)20(16)24-12/h1-6,24-25H,7,23H2. The average Bonchev–Trinajstić information content (AvgIpc) is 3.26. The lowest BCUT2D eigenvalue weighted by atomic mass is 9.96. The highest BCUT2D eigenvalue weighted by Gasteiger charge is 2.34. The molecule has 1 aliphatic rings. The van der Waals surface area contributed by atoms with Crippen LogP contribution in [-0.2, 0) is 0 Å². The van der Waals surface area contributed by atoms with E-state index in [2.05, 4.69) is 9.97 Å². The van der Waals surface area contributed by atoms with Gasteiger partial charge in [0.25, 0.3) is 0 Å². The number of anilines is 1. The first-order chi connectivity index (χ1) is 13.0. The minimum Gasteiger partial charge on any atom is -0.399 e. The van der Waals surface area contributed by atoms with Crippen molar-refractivity contribution < 1.29 is 14.0 Å². The monoisotopic (exact) mass is 357 g/mol. The number of aromatic nitrogens is 2. The van der Waals surface area contributed by atoms with Crippen LogP contribution >= 0.6 is 0 Å². The molecule has 4 N–H and O–H groups in total. The van der Waals surface area contributed by atoms with E-state index in [1.165, 1.54) is 12.1 Å². The summed E-state index contributed by atoms with van der Waals surface area (Å²) in [6.07, 6.45) is -0.166. The maximum atomic E-state index is 13.9. The van der Waals surface area contributed by atoms with Crippen molar-refractivity contribution in [3.63, 3.8) is 0 Å². The van der Waals surface area contributed by atoms with Gasteiger partial charge in [0, 0.05) is 49.4 Å². The number of H-pyrrole nitrogens is 2. The van der Waals surface area contributed by atoms with Gasteiger partial charge in [0.15, 0.2) is 11.6 Å². The van der Waals surface area contributed by atoms with Crippen LogP contribution in [0.1, 0.15) is 27.1 Å². The molecule has 2 aromatic heterocycles. The summed E-state index contributed by atoms with van der Waals surface area (Å²) in [5.74, 6) is -0.834. The van der Waals surface area contributed by atoms with Gasteiger partial charge in [-0.2, -0.15) is 0 Å². The van der Waals surface area contributed by atoms with Crippen molar-refractivity contribution >= 4 is 60.9 Å². The molecule has 5 aromatic rings. The van der Waals surface area contributed by atoms with Crippen LogP contribution in [0.25, 0.3) is 43.6 Å². The van der Waals surface area contributed by atoms with E-state index in [1.807, 2.05) is 6.07 Å². The molecule has 0 fully saturated rings. The summed E-state index contributed by atoms with van der Waals surface area (Å²) in [5, 5.41) is 2.70. The Balaban J connectivity index is 2.00. The summed E-state index contributed by atoms with van der Waals surface area (Å²) in [6.45, 7) is 0. The quantitative estimate of drug-likeness (QED) is 0.282. The van der Waals surface area contributed by atoms with Gasteiger partial charge >= 0.3 is 0 Å². The zero-order chi connectivity index (χ0) is 18.4. The van der Waals surface area contributed by atoms with Gasteiger partial charge in [-0.1, -0.05) is 0 Å². The summed E-state index contributed by atoms with van der Waals surface area (Å²) < 4.78 is 13.9. The van der Waals surface area contributed by atoms with Crippen LogP contribution in [0.5, 0.6) is 0 Å². The maximum Gasteiger partial charge on any atom is 0.172 e. The molecule has 2 heterocycles. The largest absolute Gasteiger partial charge is 0.399 e. The van der Waals surface area contributed by atoms with Crippen LogP contribution in [0.3, 0.4) is 0 Å². The summed E-state index contributed by atoms with van der Waals surface area (Å²) in [6, 6.07) is 9.85. The Kier molecular flexibility index (Phi) is 2.43. The summed E-state index contributed by atoms with van der Waals surface area (Å²) in [4.78, 5) is 32.1. The maximum absolute atomic E-state index is 13.9. The lowest BCUT2D eigenvalue weighted by molar-refractivity contribution is 0.0924. The number of carbonyl (C=O) groups excluding carboxylic acids is 2. The van der Waals surface area contributed by atoms with Crippen molar-refractivity contribution in [2.45, 2.75) is 6.42 Å². The molecule has 6 rings (SSSR count). The van der Waals surface area contributed by atoms with E-state index in [1.54, 1.807) is 18.2 Å². The summed E-state index contributed by atoms with van der Waals surface area (Å²) in [7, 11) is 0. The summed E-state index contributed by atoms with van der Waals surface area (Å²) >= 11 is 0. The number of hydrogen-bond donors (Lipinski definition) is 3. The Bertz CT molecular complexity index is 1390. The van der Waals surface area contributed by atoms with Crippen LogP contribution < -0.4 is 5.73 Å². The third kappa shape index (κ3) is 1.67. The fraction of sp³-hybridized carbons (Fsp3) is 0.0476. The molecule has 0 bridgehead atoms. The molecule has 0 saturated heterocycles. The van der Waals surface area contributed by atoms with Crippen molar-refractivity contribution in [1.29, 1.82) is 0 Å². The number of hydrogen-bond acceptors (Lipinski definition) is 3. The van der Waals surface area contributed by atoms with E-state index in [0.717, 1.165) is 16.4 Å². The molecule has 0 spiro atoms. The third-order valence-electron chi connectivity index (χ3n) is 5.46. The topological polar surface area (TPSA) is 91.7 Å². The second-order valence-corrected chi connectivity index (χ2v) is 7.02. The highest BCUT2D eigenvalue weighted by Crippen LogP contribution is 2.43. The van der Waals surface area contributed by atoms with Gasteiger partial charge in [-0.15, -0.1) is 0 Å². The number of fused-ring (bicyclic) bond motifs is 10. The highest BCUT2D eigenvalue weighted by molar-refractivity contribution is 6.40. The van der Waals surface area contributed by atoms with E-state index < -0.39 is 5.82 Å². The van der Waals surface area contributed by atoms with Crippen LogP contribution in [0, 0.1) is 5.82 Å². The van der Waals surface area contributed by atoms with Crippen molar-refractivity contribution in [2.75, 3.05) is 5.73 Å². The Morgan fingerprint density at radius 1 is 0.815 bits per heavy atom. The number of carbonyl (C=O) groups is 2. The Labute approximate surface area is 150 Å². The molecule has 3 aromatic carbocycles. The van der Waals surface area contributed by atoms with E-state index in [0.29, 0.717) is 44.0 Å². The minimum atomic E-state index is -0.390. The molecule has 0 amide bonds. The first kappa shape index (κ1) is 14.5. The Morgan fingerprint density at radius 2 is 1.37 bits per heavy atom. The fourth-order valence-corrected chi connectivity index (χ4v) is 4.40. The van der Waals surface area contributed by atoms with Gasteiger partial charge in [-0.05, 0) is 36.4 Å². The van der Waals surface area contributed by atoms with Gasteiger partial charge in [-0.25, -0.2) is 4.39 Å². The second kappa shape index (κ2) is 4.54. The molecule has 0 unspecified atom stereocenters. The molecule has 1 aliphatic carbocycles. The molecule has 5 nitrogen and oxygen atoms in total. The smallest absolute Gasteiger partial charge is 0.172 e. The lowest BCUT2D eigenvalue weighted by Crippen LogP contribution is -1.94. The van der Waals surface area contributed by atoms with Crippen molar-refractivity contribution in [2.24, 2.45) is 0 Å². The molecular weight excluding hydrogens is 345 g/mol. The van der Waals surface area contributed by atoms with Crippen molar-refractivity contribution in [1.82, 2.24) is 9.97 Å². The molecule has 6 heteroatoms. The predicted molar refractivity (Wildman–Crippen MR) is 103 cm³/mol. The van der Waals surface area contributed by atoms with Crippen LogP contribution in [-0.4, -0.2) is 21.5 Å². The van der Waals surface area contributed by atoms with Gasteiger partial charge in [0.2, 0.25) is 0 Å². The number of nitrogens with two attached hydrogens (primary N) is 1.